The van der Waals surface area contributed by atoms with Crippen molar-refractivity contribution in [2.45, 2.75) is 12.5 Å². The monoisotopic (exact) mass is 169 g/mol. The fraction of sp³-hybridized carbons (Fsp3) is 0.167. The van der Waals surface area contributed by atoms with Crippen LogP contribution in [0.2, 0.25) is 0 Å². The lowest BCUT2D eigenvalue weighted by molar-refractivity contribution is 0.820. The van der Waals surface area contributed by atoms with Crippen LogP contribution in [0, 0.1) is 0 Å². The van der Waals surface area contributed by atoms with Crippen molar-refractivity contribution in [3.8, 4) is 0 Å². The average molecular weight is 169 g/mol. The molecule has 0 N–H and O–H groups in total. The van der Waals surface area contributed by atoms with Crippen molar-refractivity contribution in [2.75, 3.05) is 4.90 Å². The van der Waals surface area contributed by atoms with E-state index in [9.17, 15) is 0 Å². The number of para-hydroxylation sites is 1. The Morgan fingerprint density at radius 3 is 3.08 bits per heavy atom. The predicted octanol–water partition coefficient (Wildman–Crippen LogP) is 2.50. The van der Waals surface area contributed by atoms with E-state index in [4.69, 9.17) is 0 Å². The minimum absolute atomic E-state index is 0.558. The van der Waals surface area contributed by atoms with Crippen LogP contribution in [0.1, 0.15) is 5.56 Å². The van der Waals surface area contributed by atoms with Gasteiger partial charge in [0.05, 0.1) is 6.04 Å². The maximum absolute atomic E-state index is 2.34. The number of nitrogens with zero attached hydrogens (tertiary/aromatic N) is 1. The summed E-state index contributed by atoms with van der Waals surface area (Å²) in [5, 5.41) is 0. The molecule has 2 aliphatic heterocycles. The Kier molecular flexibility index (Phi) is 1.33. The highest BCUT2D eigenvalue weighted by atomic mass is 15.2. The summed E-state index contributed by atoms with van der Waals surface area (Å²) in [6.45, 7) is 0. The van der Waals surface area contributed by atoms with Crippen molar-refractivity contribution in [3.05, 3.63) is 54.3 Å². The molecule has 0 spiro atoms. The summed E-state index contributed by atoms with van der Waals surface area (Å²) in [5.74, 6) is 0. The highest BCUT2D eigenvalue weighted by Crippen LogP contribution is 2.33. The van der Waals surface area contributed by atoms with Crippen LogP contribution < -0.4 is 4.90 Å². The zero-order valence-corrected chi connectivity index (χ0v) is 7.35. The molecule has 1 atom stereocenters. The number of fused-ring (bicyclic) bond motifs is 3. The van der Waals surface area contributed by atoms with Gasteiger partial charge in [0, 0.05) is 11.9 Å². The summed E-state index contributed by atoms with van der Waals surface area (Å²) in [7, 11) is 0. The van der Waals surface area contributed by atoms with Gasteiger partial charge in [-0.15, -0.1) is 0 Å². The third kappa shape index (κ3) is 0.934. The standard InChI is InChI=1S/C12H11N/c1-2-7-12-10(5-1)9-11-6-3-4-8-13(11)12/h1-8,11H,9H2. The van der Waals surface area contributed by atoms with Crippen molar-refractivity contribution in [3.63, 3.8) is 0 Å². The first-order valence-electron chi connectivity index (χ1n) is 4.66. The average Bonchev–Trinajstić information content (AvgIpc) is 2.56. The van der Waals surface area contributed by atoms with Crippen LogP contribution >= 0.6 is 0 Å². The van der Waals surface area contributed by atoms with Crippen LogP contribution in [0.4, 0.5) is 5.69 Å². The van der Waals surface area contributed by atoms with Gasteiger partial charge in [0.1, 0.15) is 0 Å². The molecule has 0 fully saturated rings. The van der Waals surface area contributed by atoms with Gasteiger partial charge < -0.3 is 4.90 Å². The molecular weight excluding hydrogens is 158 g/mol. The largest absolute Gasteiger partial charge is 0.341 e. The molecule has 2 heterocycles. The second kappa shape index (κ2) is 2.49. The first-order valence-corrected chi connectivity index (χ1v) is 4.66. The molecule has 1 nitrogen and oxygen atoms in total. The Bertz CT molecular complexity index is 390. The highest BCUT2D eigenvalue weighted by Gasteiger charge is 2.25. The van der Waals surface area contributed by atoms with E-state index >= 15 is 0 Å². The van der Waals surface area contributed by atoms with E-state index in [1.54, 1.807) is 0 Å². The molecule has 1 aromatic rings. The summed E-state index contributed by atoms with van der Waals surface area (Å²) in [6, 6.07) is 9.19. The molecule has 0 aromatic heterocycles. The van der Waals surface area contributed by atoms with Crippen LogP contribution in [0.15, 0.2) is 48.7 Å². The van der Waals surface area contributed by atoms with Gasteiger partial charge in [-0.25, -0.2) is 0 Å². The minimum atomic E-state index is 0.558. The Hall–Kier alpha value is -1.50. The Morgan fingerprint density at radius 2 is 2.08 bits per heavy atom. The SMILES string of the molecule is C1=CC2Cc3ccccc3N2C=C1. The second-order valence-corrected chi connectivity index (χ2v) is 3.53. The molecule has 1 unspecified atom stereocenters. The van der Waals surface area contributed by atoms with Gasteiger partial charge in [-0.3, -0.25) is 0 Å². The van der Waals surface area contributed by atoms with Crippen LogP contribution in [0.5, 0.6) is 0 Å². The molecule has 0 bridgehead atoms. The van der Waals surface area contributed by atoms with E-state index in [0.29, 0.717) is 6.04 Å². The first-order chi connectivity index (χ1) is 6.45. The molecule has 3 rings (SSSR count). The van der Waals surface area contributed by atoms with E-state index in [2.05, 4.69) is 53.6 Å². The fourth-order valence-electron chi connectivity index (χ4n) is 2.12. The van der Waals surface area contributed by atoms with Crippen LogP contribution in [-0.2, 0) is 6.42 Å². The molecule has 0 amide bonds. The maximum atomic E-state index is 2.34. The van der Waals surface area contributed by atoms with E-state index in [1.807, 2.05) is 0 Å². The number of hydrogen-bond acceptors (Lipinski definition) is 1. The smallest absolute Gasteiger partial charge is 0.0560 e. The second-order valence-electron chi connectivity index (χ2n) is 3.53. The molecule has 1 heteroatoms. The summed E-state index contributed by atoms with van der Waals surface area (Å²) in [6.07, 6.45) is 9.80. The van der Waals surface area contributed by atoms with Gasteiger partial charge in [-0.2, -0.15) is 0 Å². The number of rotatable bonds is 0. The number of hydrogen-bond donors (Lipinski definition) is 0. The molecular formula is C12H11N. The highest BCUT2D eigenvalue weighted by molar-refractivity contribution is 5.63. The van der Waals surface area contributed by atoms with Gasteiger partial charge in [0.2, 0.25) is 0 Å². The zero-order chi connectivity index (χ0) is 8.67. The van der Waals surface area contributed by atoms with Crippen LogP contribution in [-0.4, -0.2) is 6.04 Å². The van der Waals surface area contributed by atoms with Crippen molar-refractivity contribution in [1.82, 2.24) is 0 Å². The molecule has 1 aromatic carbocycles. The van der Waals surface area contributed by atoms with Crippen LogP contribution in [0.3, 0.4) is 0 Å². The number of allylic oxidation sites excluding steroid dienone is 2. The van der Waals surface area contributed by atoms with Crippen molar-refractivity contribution >= 4 is 5.69 Å². The van der Waals surface area contributed by atoms with E-state index < -0.39 is 0 Å². The third-order valence-corrected chi connectivity index (χ3v) is 2.75. The predicted molar refractivity (Wildman–Crippen MR) is 54.7 cm³/mol. The molecule has 0 aliphatic carbocycles. The Labute approximate surface area is 78.0 Å². The Balaban J connectivity index is 2.12. The van der Waals surface area contributed by atoms with E-state index in [-0.39, 0.29) is 0 Å². The van der Waals surface area contributed by atoms with Crippen molar-refractivity contribution in [2.24, 2.45) is 0 Å². The first kappa shape index (κ1) is 6.96. The van der Waals surface area contributed by atoms with E-state index in [1.165, 1.54) is 11.3 Å². The lowest BCUT2D eigenvalue weighted by Gasteiger charge is -2.22. The van der Waals surface area contributed by atoms with E-state index in [0.717, 1.165) is 6.42 Å². The zero-order valence-electron chi connectivity index (χ0n) is 7.35. The van der Waals surface area contributed by atoms with Gasteiger partial charge in [0.25, 0.3) is 0 Å². The summed E-state index contributed by atoms with van der Waals surface area (Å²) >= 11 is 0. The van der Waals surface area contributed by atoms with Crippen LogP contribution in [0.25, 0.3) is 0 Å². The molecule has 0 saturated carbocycles. The number of benzene rings is 1. The quantitative estimate of drug-likeness (QED) is 0.576. The summed E-state index contributed by atoms with van der Waals surface area (Å²) < 4.78 is 0. The lowest BCUT2D eigenvalue weighted by Crippen LogP contribution is -2.25. The summed E-state index contributed by atoms with van der Waals surface area (Å²) in [4.78, 5) is 2.34. The lowest BCUT2D eigenvalue weighted by atomic mass is 10.1. The molecule has 0 radical (unpaired) electrons. The van der Waals surface area contributed by atoms with Gasteiger partial charge in [-0.1, -0.05) is 30.4 Å². The molecule has 64 valence electrons. The van der Waals surface area contributed by atoms with Gasteiger partial charge >= 0.3 is 0 Å². The maximum Gasteiger partial charge on any atom is 0.0560 e. The normalized spacial score (nSPS) is 23.1. The van der Waals surface area contributed by atoms with Crippen molar-refractivity contribution < 1.29 is 0 Å². The third-order valence-electron chi connectivity index (χ3n) is 2.75. The van der Waals surface area contributed by atoms with Crippen molar-refractivity contribution in [1.29, 1.82) is 0 Å². The minimum Gasteiger partial charge on any atom is -0.341 e. The molecule has 13 heavy (non-hydrogen) atoms. The number of anilines is 1. The van der Waals surface area contributed by atoms with Gasteiger partial charge in [-0.05, 0) is 24.1 Å². The topological polar surface area (TPSA) is 3.24 Å². The fourth-order valence-corrected chi connectivity index (χ4v) is 2.12. The summed E-state index contributed by atoms with van der Waals surface area (Å²) in [5.41, 5.74) is 2.83. The van der Waals surface area contributed by atoms with Gasteiger partial charge in [0.15, 0.2) is 0 Å². The molecule has 0 saturated heterocycles. The Morgan fingerprint density at radius 1 is 1.15 bits per heavy atom. The molecule has 2 aliphatic rings.